The van der Waals surface area contributed by atoms with Crippen molar-refractivity contribution < 1.29 is 27.4 Å². The molecule has 0 radical (unpaired) electrons. The molecule has 0 aliphatic rings. The number of nitrogens with two attached hydrogens (primary N) is 1. The second-order valence-corrected chi connectivity index (χ2v) is 4.93. The third kappa shape index (κ3) is 10.0. The number of hydrogen-bond donors (Lipinski definition) is 1. The zero-order valence-electron chi connectivity index (χ0n) is 12.1. The van der Waals surface area contributed by atoms with Crippen LogP contribution in [0.5, 0.6) is 0 Å². The van der Waals surface area contributed by atoms with E-state index in [2.05, 4.69) is 0 Å². The highest BCUT2D eigenvalue weighted by Gasteiger charge is 2.29. The van der Waals surface area contributed by atoms with Crippen molar-refractivity contribution in [1.82, 2.24) is 0 Å². The Morgan fingerprint density at radius 1 is 1.10 bits per heavy atom. The quantitative estimate of drug-likeness (QED) is 0.498. The van der Waals surface area contributed by atoms with Gasteiger partial charge in [-0.2, -0.15) is 13.2 Å². The summed E-state index contributed by atoms with van der Waals surface area (Å²) in [6.07, 6.45) is -3.21. The summed E-state index contributed by atoms with van der Waals surface area (Å²) in [7, 11) is 0. The standard InChI is InChI=1S/C13H24F3NO3/c1-3-20-11(18)12(2,17)7-4-5-9-19-10-6-8-13(14,15)16/h3-10,17H2,1-2H3. The average Bonchev–Trinajstić information content (AvgIpc) is 2.31. The molecule has 0 saturated heterocycles. The summed E-state index contributed by atoms with van der Waals surface area (Å²) >= 11 is 0. The molecule has 0 aromatic heterocycles. The van der Waals surface area contributed by atoms with E-state index in [1.807, 2.05) is 0 Å². The average molecular weight is 299 g/mol. The van der Waals surface area contributed by atoms with Crippen LogP contribution in [0.3, 0.4) is 0 Å². The van der Waals surface area contributed by atoms with Gasteiger partial charge < -0.3 is 15.2 Å². The van der Waals surface area contributed by atoms with Crippen molar-refractivity contribution >= 4 is 5.97 Å². The van der Waals surface area contributed by atoms with Crippen molar-refractivity contribution in [2.75, 3.05) is 19.8 Å². The van der Waals surface area contributed by atoms with Crippen LogP contribution in [0, 0.1) is 0 Å². The van der Waals surface area contributed by atoms with Gasteiger partial charge in [-0.15, -0.1) is 0 Å². The predicted octanol–water partition coefficient (Wildman–Crippen LogP) is 2.80. The van der Waals surface area contributed by atoms with Crippen molar-refractivity contribution in [3.8, 4) is 0 Å². The van der Waals surface area contributed by atoms with E-state index in [1.54, 1.807) is 13.8 Å². The highest BCUT2D eigenvalue weighted by Crippen LogP contribution is 2.21. The fourth-order valence-electron chi connectivity index (χ4n) is 1.57. The van der Waals surface area contributed by atoms with Crippen molar-refractivity contribution in [1.29, 1.82) is 0 Å². The van der Waals surface area contributed by atoms with Gasteiger partial charge in [0.2, 0.25) is 0 Å². The minimum atomic E-state index is -4.12. The van der Waals surface area contributed by atoms with Crippen LogP contribution in [0.1, 0.15) is 46.0 Å². The Bertz CT molecular complexity index is 281. The molecular formula is C13H24F3NO3. The van der Waals surface area contributed by atoms with Crippen LogP contribution in [-0.2, 0) is 14.3 Å². The smallest absolute Gasteiger partial charge is 0.389 e. The number of hydrogen-bond acceptors (Lipinski definition) is 4. The second-order valence-electron chi connectivity index (χ2n) is 4.93. The maximum atomic E-state index is 11.8. The topological polar surface area (TPSA) is 61.5 Å². The highest BCUT2D eigenvalue weighted by molar-refractivity contribution is 5.79. The van der Waals surface area contributed by atoms with E-state index in [0.717, 1.165) is 0 Å². The fraction of sp³-hybridized carbons (Fsp3) is 0.923. The molecule has 0 spiro atoms. The number of ether oxygens (including phenoxy) is 2. The molecule has 0 rings (SSSR count). The zero-order valence-corrected chi connectivity index (χ0v) is 12.1. The molecule has 120 valence electrons. The minimum Gasteiger partial charge on any atom is -0.465 e. The van der Waals surface area contributed by atoms with Gasteiger partial charge in [0.25, 0.3) is 0 Å². The van der Waals surface area contributed by atoms with E-state index in [-0.39, 0.29) is 19.6 Å². The normalized spacial score (nSPS) is 14.9. The summed E-state index contributed by atoms with van der Waals surface area (Å²) in [6.45, 7) is 4.07. The summed E-state index contributed by atoms with van der Waals surface area (Å²) in [5.41, 5.74) is 4.79. The lowest BCUT2D eigenvalue weighted by atomic mass is 9.96. The number of carbonyl (C=O) groups is 1. The number of alkyl halides is 3. The lowest BCUT2D eigenvalue weighted by Gasteiger charge is -2.21. The molecule has 0 aliphatic carbocycles. The highest BCUT2D eigenvalue weighted by atomic mass is 19.4. The van der Waals surface area contributed by atoms with E-state index in [1.165, 1.54) is 0 Å². The third-order valence-electron chi connectivity index (χ3n) is 2.73. The Morgan fingerprint density at radius 2 is 1.70 bits per heavy atom. The maximum absolute atomic E-state index is 11.8. The zero-order chi connectivity index (χ0) is 15.6. The fourth-order valence-corrected chi connectivity index (χ4v) is 1.57. The summed E-state index contributed by atoms with van der Waals surface area (Å²) in [5.74, 6) is -0.439. The van der Waals surface area contributed by atoms with Crippen LogP contribution in [0.15, 0.2) is 0 Å². The molecule has 1 unspecified atom stereocenters. The van der Waals surface area contributed by atoms with Gasteiger partial charge in [0.05, 0.1) is 6.61 Å². The summed E-state index contributed by atoms with van der Waals surface area (Å²) in [6, 6.07) is 0. The minimum absolute atomic E-state index is 0.0269. The van der Waals surface area contributed by atoms with Crippen LogP contribution in [0.2, 0.25) is 0 Å². The van der Waals surface area contributed by atoms with E-state index in [9.17, 15) is 18.0 Å². The number of rotatable bonds is 10. The molecule has 7 heteroatoms. The maximum Gasteiger partial charge on any atom is 0.389 e. The van der Waals surface area contributed by atoms with Crippen molar-refractivity contribution in [3.63, 3.8) is 0 Å². The molecule has 0 fully saturated rings. The Balaban J connectivity index is 3.55. The van der Waals surface area contributed by atoms with Crippen molar-refractivity contribution in [3.05, 3.63) is 0 Å². The van der Waals surface area contributed by atoms with Crippen LogP contribution in [-0.4, -0.2) is 37.5 Å². The molecule has 0 aliphatic heterocycles. The molecule has 0 amide bonds. The molecule has 4 nitrogen and oxygen atoms in total. The van der Waals surface area contributed by atoms with E-state index < -0.39 is 24.1 Å². The van der Waals surface area contributed by atoms with Crippen molar-refractivity contribution in [2.45, 2.75) is 57.7 Å². The molecule has 0 heterocycles. The van der Waals surface area contributed by atoms with Crippen LogP contribution in [0.25, 0.3) is 0 Å². The first kappa shape index (κ1) is 19.2. The molecule has 2 N–H and O–H groups in total. The summed E-state index contributed by atoms with van der Waals surface area (Å²) in [4.78, 5) is 11.5. The second kappa shape index (κ2) is 9.18. The predicted molar refractivity (Wildman–Crippen MR) is 69.2 cm³/mol. The van der Waals surface area contributed by atoms with Gasteiger partial charge in [0, 0.05) is 19.6 Å². The van der Waals surface area contributed by atoms with Crippen LogP contribution < -0.4 is 5.73 Å². The van der Waals surface area contributed by atoms with Gasteiger partial charge in [0.15, 0.2) is 0 Å². The Morgan fingerprint density at radius 3 is 2.25 bits per heavy atom. The van der Waals surface area contributed by atoms with E-state index >= 15 is 0 Å². The first-order valence-corrected chi connectivity index (χ1v) is 6.79. The van der Waals surface area contributed by atoms with Crippen LogP contribution >= 0.6 is 0 Å². The number of carbonyl (C=O) groups excluding carboxylic acids is 1. The Kier molecular flexibility index (Phi) is 8.80. The summed E-state index contributed by atoms with van der Waals surface area (Å²) < 4.78 is 45.5. The lowest BCUT2D eigenvalue weighted by Crippen LogP contribution is -2.46. The third-order valence-corrected chi connectivity index (χ3v) is 2.73. The molecule has 0 aromatic rings. The first-order valence-electron chi connectivity index (χ1n) is 6.79. The molecule has 0 bridgehead atoms. The molecule has 0 saturated carbocycles. The van der Waals surface area contributed by atoms with E-state index in [4.69, 9.17) is 15.2 Å². The number of halogens is 3. The van der Waals surface area contributed by atoms with Crippen LogP contribution in [0.4, 0.5) is 13.2 Å². The van der Waals surface area contributed by atoms with Crippen molar-refractivity contribution in [2.24, 2.45) is 5.73 Å². The SMILES string of the molecule is CCOC(=O)C(C)(N)CCCCOCCCC(F)(F)F. The lowest BCUT2D eigenvalue weighted by molar-refractivity contribution is -0.149. The van der Waals surface area contributed by atoms with Gasteiger partial charge in [-0.25, -0.2) is 0 Å². The number of esters is 1. The largest absolute Gasteiger partial charge is 0.465 e. The molecule has 1 atom stereocenters. The van der Waals surface area contributed by atoms with Gasteiger partial charge >= 0.3 is 12.1 Å². The van der Waals surface area contributed by atoms with E-state index in [0.29, 0.717) is 25.9 Å². The summed E-state index contributed by atoms with van der Waals surface area (Å²) in [5, 5.41) is 0. The number of unbranched alkanes of at least 4 members (excludes halogenated alkanes) is 1. The Labute approximate surface area is 117 Å². The molecule has 20 heavy (non-hydrogen) atoms. The van der Waals surface area contributed by atoms with Gasteiger partial charge in [0.1, 0.15) is 5.54 Å². The molecular weight excluding hydrogens is 275 g/mol. The monoisotopic (exact) mass is 299 g/mol. The van der Waals surface area contributed by atoms with Gasteiger partial charge in [-0.1, -0.05) is 0 Å². The Hall–Kier alpha value is -0.820. The molecule has 0 aromatic carbocycles. The van der Waals surface area contributed by atoms with Gasteiger partial charge in [-0.3, -0.25) is 4.79 Å². The van der Waals surface area contributed by atoms with Gasteiger partial charge in [-0.05, 0) is 39.5 Å². The first-order chi connectivity index (χ1) is 9.19.